The molecule has 5 rings (SSSR count). The molecule has 0 atom stereocenters. The first-order valence-corrected chi connectivity index (χ1v) is 12.1. The van der Waals surface area contributed by atoms with Crippen LogP contribution in [0.5, 0.6) is 0 Å². The van der Waals surface area contributed by atoms with Gasteiger partial charge in [0.05, 0.1) is 17.3 Å². The number of hydrogen-bond donors (Lipinski definition) is 0. The number of likely N-dealkylation sites (tertiary alicyclic amines) is 1. The SMILES string of the molecule is N#Cc1ccccc1C1=CC(c2ccccn2)=CN(CC2CCN(Cc3ccccc3)CC2)C1. The van der Waals surface area contributed by atoms with Gasteiger partial charge >= 0.3 is 0 Å². The highest BCUT2D eigenvalue weighted by Crippen LogP contribution is 2.31. The van der Waals surface area contributed by atoms with Crippen LogP contribution in [-0.2, 0) is 6.54 Å². The normalized spacial score (nSPS) is 17.1. The topological polar surface area (TPSA) is 43.2 Å². The molecule has 0 bridgehead atoms. The fourth-order valence-corrected chi connectivity index (χ4v) is 5.05. The van der Waals surface area contributed by atoms with Crippen molar-refractivity contribution in [3.63, 3.8) is 0 Å². The van der Waals surface area contributed by atoms with Crippen molar-refractivity contribution in [2.75, 3.05) is 26.2 Å². The molecule has 0 amide bonds. The van der Waals surface area contributed by atoms with Crippen molar-refractivity contribution in [2.45, 2.75) is 19.4 Å². The second-order valence-electron chi connectivity index (χ2n) is 9.26. The Kier molecular flexibility index (Phi) is 6.84. The van der Waals surface area contributed by atoms with Crippen LogP contribution in [0.3, 0.4) is 0 Å². The number of allylic oxidation sites excluding steroid dienone is 2. The minimum Gasteiger partial charge on any atom is -0.372 e. The fourth-order valence-electron chi connectivity index (χ4n) is 5.05. The quantitative estimate of drug-likeness (QED) is 0.494. The van der Waals surface area contributed by atoms with Crippen molar-refractivity contribution >= 4 is 11.1 Å². The van der Waals surface area contributed by atoms with E-state index in [2.05, 4.69) is 75.6 Å². The van der Waals surface area contributed by atoms with Crippen LogP contribution in [0.25, 0.3) is 11.1 Å². The Morgan fingerprint density at radius 2 is 1.68 bits per heavy atom. The summed E-state index contributed by atoms with van der Waals surface area (Å²) < 4.78 is 0. The smallest absolute Gasteiger partial charge is 0.0998 e. The van der Waals surface area contributed by atoms with Crippen molar-refractivity contribution in [1.29, 1.82) is 5.26 Å². The molecule has 0 N–H and O–H groups in total. The van der Waals surface area contributed by atoms with Crippen LogP contribution >= 0.6 is 0 Å². The van der Waals surface area contributed by atoms with E-state index in [0.717, 1.165) is 55.1 Å². The van der Waals surface area contributed by atoms with Crippen LogP contribution in [-0.4, -0.2) is 41.0 Å². The van der Waals surface area contributed by atoms with E-state index >= 15 is 0 Å². The molecule has 4 nitrogen and oxygen atoms in total. The van der Waals surface area contributed by atoms with E-state index in [9.17, 15) is 5.26 Å². The molecule has 2 aliphatic heterocycles. The van der Waals surface area contributed by atoms with Crippen molar-refractivity contribution in [1.82, 2.24) is 14.8 Å². The number of hydrogen-bond acceptors (Lipinski definition) is 4. The van der Waals surface area contributed by atoms with Gasteiger partial charge in [-0.2, -0.15) is 5.26 Å². The fraction of sp³-hybridized carbons (Fsp3) is 0.267. The van der Waals surface area contributed by atoms with Crippen LogP contribution in [0.2, 0.25) is 0 Å². The Morgan fingerprint density at radius 3 is 2.44 bits per heavy atom. The Morgan fingerprint density at radius 1 is 0.912 bits per heavy atom. The van der Waals surface area contributed by atoms with Crippen LogP contribution < -0.4 is 0 Å². The summed E-state index contributed by atoms with van der Waals surface area (Å²) in [7, 11) is 0. The third kappa shape index (κ3) is 5.27. The Bertz CT molecular complexity index is 1200. The molecular weight excluding hydrogens is 416 g/mol. The Hall–Kier alpha value is -3.68. The zero-order valence-electron chi connectivity index (χ0n) is 19.5. The van der Waals surface area contributed by atoms with Crippen molar-refractivity contribution in [3.8, 4) is 6.07 Å². The summed E-state index contributed by atoms with van der Waals surface area (Å²) in [4.78, 5) is 9.60. The lowest BCUT2D eigenvalue weighted by Crippen LogP contribution is -2.38. The van der Waals surface area contributed by atoms with Gasteiger partial charge in [-0.3, -0.25) is 9.88 Å². The summed E-state index contributed by atoms with van der Waals surface area (Å²) in [5, 5.41) is 9.67. The van der Waals surface area contributed by atoms with Crippen LogP contribution in [0.1, 0.15) is 35.2 Å². The number of nitriles is 1. The summed E-state index contributed by atoms with van der Waals surface area (Å²) >= 11 is 0. The number of pyridine rings is 1. The van der Waals surface area contributed by atoms with Crippen molar-refractivity contribution in [3.05, 3.63) is 114 Å². The third-order valence-corrected chi connectivity index (χ3v) is 6.83. The molecule has 0 radical (unpaired) electrons. The zero-order chi connectivity index (χ0) is 23.2. The van der Waals surface area contributed by atoms with Gasteiger partial charge in [0.1, 0.15) is 0 Å². The maximum absolute atomic E-state index is 9.67. The first kappa shape index (κ1) is 22.1. The molecule has 2 aliphatic rings. The maximum atomic E-state index is 9.67. The molecule has 4 heteroatoms. The molecule has 34 heavy (non-hydrogen) atoms. The molecule has 0 saturated carbocycles. The van der Waals surface area contributed by atoms with Gasteiger partial charge in [0.2, 0.25) is 0 Å². The van der Waals surface area contributed by atoms with E-state index in [0.29, 0.717) is 5.92 Å². The number of nitrogens with zero attached hydrogens (tertiary/aromatic N) is 4. The van der Waals surface area contributed by atoms with E-state index in [1.165, 1.54) is 24.0 Å². The summed E-state index contributed by atoms with van der Waals surface area (Å²) in [6, 6.07) is 27.1. The number of rotatable bonds is 6. The number of piperidine rings is 1. The molecule has 1 fully saturated rings. The van der Waals surface area contributed by atoms with Crippen molar-refractivity contribution < 1.29 is 0 Å². The first-order chi connectivity index (χ1) is 16.8. The monoisotopic (exact) mass is 446 g/mol. The number of aromatic nitrogens is 1. The molecule has 1 saturated heterocycles. The van der Waals surface area contributed by atoms with Gasteiger partial charge in [0.15, 0.2) is 0 Å². The van der Waals surface area contributed by atoms with E-state index < -0.39 is 0 Å². The lowest BCUT2D eigenvalue weighted by atomic mass is 9.92. The van der Waals surface area contributed by atoms with Gasteiger partial charge in [-0.05, 0) is 72.8 Å². The predicted molar refractivity (Wildman–Crippen MR) is 137 cm³/mol. The highest BCUT2D eigenvalue weighted by Gasteiger charge is 2.24. The highest BCUT2D eigenvalue weighted by atomic mass is 15.1. The van der Waals surface area contributed by atoms with Gasteiger partial charge in [-0.15, -0.1) is 0 Å². The second kappa shape index (κ2) is 10.5. The van der Waals surface area contributed by atoms with E-state index in [1.807, 2.05) is 36.5 Å². The minimum absolute atomic E-state index is 0.666. The van der Waals surface area contributed by atoms with E-state index in [4.69, 9.17) is 0 Å². The van der Waals surface area contributed by atoms with E-state index in [1.54, 1.807) is 0 Å². The Balaban J connectivity index is 1.30. The van der Waals surface area contributed by atoms with Gasteiger partial charge in [-0.1, -0.05) is 54.6 Å². The molecule has 0 unspecified atom stereocenters. The standard InChI is InChI=1S/C30H30N4/c31-19-26-10-4-5-11-29(26)27-18-28(30-12-6-7-15-32-30)23-34(22-27)21-25-13-16-33(17-14-25)20-24-8-2-1-3-9-24/h1-12,15,18,23,25H,13-14,16-17,20-22H2. The molecule has 0 spiro atoms. The molecule has 3 aromatic rings. The number of benzene rings is 2. The summed E-state index contributed by atoms with van der Waals surface area (Å²) in [6.07, 6.45) is 8.73. The lowest BCUT2D eigenvalue weighted by molar-refractivity contribution is 0.158. The largest absolute Gasteiger partial charge is 0.372 e. The average molecular weight is 447 g/mol. The predicted octanol–water partition coefficient (Wildman–Crippen LogP) is 5.61. The van der Waals surface area contributed by atoms with Gasteiger partial charge in [0.25, 0.3) is 0 Å². The molecule has 3 heterocycles. The first-order valence-electron chi connectivity index (χ1n) is 12.1. The van der Waals surface area contributed by atoms with Gasteiger partial charge in [-0.25, -0.2) is 0 Å². The average Bonchev–Trinajstić information content (AvgIpc) is 2.91. The molecule has 1 aromatic heterocycles. The zero-order valence-corrected chi connectivity index (χ0v) is 19.5. The van der Waals surface area contributed by atoms with Crippen molar-refractivity contribution in [2.24, 2.45) is 5.92 Å². The van der Waals surface area contributed by atoms with Crippen LogP contribution in [0, 0.1) is 17.2 Å². The van der Waals surface area contributed by atoms with Gasteiger partial charge in [0, 0.05) is 37.6 Å². The summed E-state index contributed by atoms with van der Waals surface area (Å²) in [5.74, 6) is 0.666. The Labute approximate surface area is 202 Å². The maximum Gasteiger partial charge on any atom is 0.0998 e. The summed E-state index contributed by atoms with van der Waals surface area (Å²) in [5.41, 5.74) is 6.40. The summed E-state index contributed by atoms with van der Waals surface area (Å²) in [6.45, 7) is 5.17. The van der Waals surface area contributed by atoms with Crippen LogP contribution in [0.4, 0.5) is 0 Å². The van der Waals surface area contributed by atoms with Crippen LogP contribution in [0.15, 0.2) is 91.3 Å². The molecular formula is C30H30N4. The second-order valence-corrected chi connectivity index (χ2v) is 9.26. The molecule has 170 valence electrons. The van der Waals surface area contributed by atoms with Gasteiger partial charge < -0.3 is 4.90 Å². The minimum atomic E-state index is 0.666. The molecule has 2 aromatic carbocycles. The highest BCUT2D eigenvalue weighted by molar-refractivity contribution is 5.86. The molecule has 0 aliphatic carbocycles. The lowest BCUT2D eigenvalue weighted by Gasteiger charge is -2.36. The van der Waals surface area contributed by atoms with E-state index in [-0.39, 0.29) is 0 Å². The third-order valence-electron chi connectivity index (χ3n) is 6.83.